The summed E-state index contributed by atoms with van der Waals surface area (Å²) in [6, 6.07) is 9.33. The quantitative estimate of drug-likeness (QED) is 0.376. The first-order valence-corrected chi connectivity index (χ1v) is 10.1. The highest BCUT2D eigenvalue weighted by atomic mass is 79.9. The van der Waals surface area contributed by atoms with Gasteiger partial charge in [-0.3, -0.25) is 0 Å². The van der Waals surface area contributed by atoms with Gasteiger partial charge in [-0.15, -0.1) is 21.5 Å². The van der Waals surface area contributed by atoms with Crippen molar-refractivity contribution in [2.75, 3.05) is 0 Å². The summed E-state index contributed by atoms with van der Waals surface area (Å²) in [7, 11) is 0. The summed E-state index contributed by atoms with van der Waals surface area (Å²) in [6.45, 7) is 4.30. The van der Waals surface area contributed by atoms with Crippen molar-refractivity contribution in [2.45, 2.75) is 27.0 Å². The summed E-state index contributed by atoms with van der Waals surface area (Å²) in [5.41, 5.74) is 2.27. The van der Waals surface area contributed by atoms with E-state index < -0.39 is 5.97 Å². The molecule has 4 rings (SSSR count). The molecule has 0 aliphatic carbocycles. The molecule has 0 unspecified atom stereocenters. The lowest BCUT2D eigenvalue weighted by atomic mass is 10.2. The van der Waals surface area contributed by atoms with Gasteiger partial charge in [-0.1, -0.05) is 0 Å². The van der Waals surface area contributed by atoms with Gasteiger partial charge in [-0.25, -0.2) is 4.79 Å². The molecule has 0 aliphatic rings. The van der Waals surface area contributed by atoms with Crippen LogP contribution in [-0.4, -0.2) is 20.7 Å². The third kappa shape index (κ3) is 3.81. The molecule has 0 saturated heterocycles. The number of aryl methyl sites for hydroxylation is 1. The van der Waals surface area contributed by atoms with E-state index in [1.54, 1.807) is 6.26 Å². The second kappa shape index (κ2) is 7.76. The normalized spacial score (nSPS) is 11.1. The second-order valence-electron chi connectivity index (χ2n) is 6.13. The maximum Gasteiger partial charge on any atom is 0.340 e. The summed E-state index contributed by atoms with van der Waals surface area (Å²) in [6.07, 6.45) is 1.63. The molecule has 0 radical (unpaired) electrons. The van der Waals surface area contributed by atoms with Crippen molar-refractivity contribution in [3.05, 3.63) is 69.0 Å². The zero-order chi connectivity index (χ0) is 19.7. The Balaban J connectivity index is 1.44. The van der Waals surface area contributed by atoms with Gasteiger partial charge in [0.2, 0.25) is 0 Å². The molecule has 7 nitrogen and oxygen atoms in total. The van der Waals surface area contributed by atoms with Crippen LogP contribution in [0.15, 0.2) is 49.2 Å². The Kier molecular flexibility index (Phi) is 5.19. The molecule has 4 heterocycles. The minimum absolute atomic E-state index is 0.0831. The molecule has 0 fully saturated rings. The highest BCUT2D eigenvalue weighted by Gasteiger charge is 2.19. The lowest BCUT2D eigenvalue weighted by Crippen LogP contribution is -2.08. The maximum atomic E-state index is 12.5. The molecule has 0 atom stereocenters. The first kappa shape index (κ1) is 18.7. The van der Waals surface area contributed by atoms with Crippen LogP contribution in [0.2, 0.25) is 0 Å². The summed E-state index contributed by atoms with van der Waals surface area (Å²) in [5, 5.41) is 7.94. The molecule has 4 aromatic heterocycles. The third-order valence-corrected chi connectivity index (χ3v) is 5.88. The molecule has 0 aliphatic heterocycles. The van der Waals surface area contributed by atoms with Crippen molar-refractivity contribution < 1.29 is 18.4 Å². The van der Waals surface area contributed by atoms with E-state index in [-0.39, 0.29) is 12.5 Å². The van der Waals surface area contributed by atoms with Crippen molar-refractivity contribution in [1.29, 1.82) is 0 Å². The Morgan fingerprint density at radius 2 is 2.14 bits per heavy atom. The monoisotopic (exact) mass is 461 g/mol. The topological polar surface area (TPSA) is 83.3 Å². The van der Waals surface area contributed by atoms with Crippen molar-refractivity contribution in [1.82, 2.24) is 14.8 Å². The fourth-order valence-corrected chi connectivity index (χ4v) is 4.16. The molecule has 0 amide bonds. The maximum absolute atomic E-state index is 12.5. The number of carbonyl (C=O) groups excluding carboxylic acids is 1. The van der Waals surface area contributed by atoms with Gasteiger partial charge in [0.25, 0.3) is 11.8 Å². The van der Waals surface area contributed by atoms with Gasteiger partial charge in [0.15, 0.2) is 6.61 Å². The van der Waals surface area contributed by atoms with Crippen molar-refractivity contribution in [2.24, 2.45) is 0 Å². The Morgan fingerprint density at radius 1 is 1.29 bits per heavy atom. The van der Waals surface area contributed by atoms with Crippen molar-refractivity contribution >= 4 is 33.2 Å². The van der Waals surface area contributed by atoms with E-state index in [0.717, 1.165) is 25.8 Å². The zero-order valence-electron chi connectivity index (χ0n) is 15.1. The predicted molar refractivity (Wildman–Crippen MR) is 106 cm³/mol. The van der Waals surface area contributed by atoms with Crippen molar-refractivity contribution in [3.8, 4) is 10.8 Å². The molecule has 0 N–H and O–H groups in total. The molecule has 28 heavy (non-hydrogen) atoms. The van der Waals surface area contributed by atoms with Crippen LogP contribution in [0.5, 0.6) is 0 Å². The van der Waals surface area contributed by atoms with Crippen LogP contribution >= 0.6 is 27.3 Å². The van der Waals surface area contributed by atoms with Gasteiger partial charge in [0.1, 0.15) is 5.76 Å². The molecular formula is C19H16BrN3O4S. The number of furan rings is 1. The number of hydrogen-bond donors (Lipinski definition) is 0. The number of halogens is 1. The van der Waals surface area contributed by atoms with Crippen LogP contribution < -0.4 is 0 Å². The lowest BCUT2D eigenvalue weighted by molar-refractivity contribution is 0.0437. The van der Waals surface area contributed by atoms with Gasteiger partial charge >= 0.3 is 5.97 Å². The Morgan fingerprint density at radius 3 is 2.86 bits per heavy atom. The van der Waals surface area contributed by atoms with Crippen LogP contribution in [0.3, 0.4) is 0 Å². The van der Waals surface area contributed by atoms with E-state index in [0.29, 0.717) is 18.0 Å². The molecule has 0 saturated carbocycles. The van der Waals surface area contributed by atoms with E-state index >= 15 is 0 Å². The third-order valence-electron chi connectivity index (χ3n) is 4.27. The molecule has 0 bridgehead atoms. The minimum atomic E-state index is -0.433. The summed E-state index contributed by atoms with van der Waals surface area (Å²) in [5.74, 6) is 1.04. The van der Waals surface area contributed by atoms with Crippen LogP contribution in [-0.2, 0) is 17.9 Å². The van der Waals surface area contributed by atoms with Crippen LogP contribution in [0.4, 0.5) is 0 Å². The van der Waals surface area contributed by atoms with Gasteiger partial charge in [-0.2, -0.15) is 0 Å². The Hall–Kier alpha value is -2.65. The van der Waals surface area contributed by atoms with E-state index in [1.165, 1.54) is 11.3 Å². The van der Waals surface area contributed by atoms with E-state index in [9.17, 15) is 4.79 Å². The Labute approximate surface area is 173 Å². The number of hydrogen-bond acceptors (Lipinski definition) is 7. The zero-order valence-corrected chi connectivity index (χ0v) is 17.5. The van der Waals surface area contributed by atoms with Crippen LogP contribution in [0, 0.1) is 13.8 Å². The van der Waals surface area contributed by atoms with Crippen molar-refractivity contribution in [3.63, 3.8) is 0 Å². The highest BCUT2D eigenvalue weighted by molar-refractivity contribution is 9.11. The predicted octanol–water partition coefficient (Wildman–Crippen LogP) is 4.98. The van der Waals surface area contributed by atoms with Gasteiger partial charge < -0.3 is 18.1 Å². The van der Waals surface area contributed by atoms with Crippen LogP contribution in [0.25, 0.3) is 10.8 Å². The number of rotatable bonds is 6. The lowest BCUT2D eigenvalue weighted by Gasteiger charge is -2.07. The standard InChI is InChI=1S/C19H16BrN3O4S/c1-11-8-14(12(2)23(11)9-13-4-3-7-25-13)19(24)26-10-17-21-22-18(27-17)15-5-6-16(20)28-15/h3-8H,9-10H2,1-2H3. The van der Waals surface area contributed by atoms with Crippen LogP contribution in [0.1, 0.15) is 33.4 Å². The number of nitrogens with zero attached hydrogens (tertiary/aromatic N) is 3. The summed E-state index contributed by atoms with van der Waals surface area (Å²) in [4.78, 5) is 13.4. The fourth-order valence-electron chi connectivity index (χ4n) is 2.86. The summed E-state index contributed by atoms with van der Waals surface area (Å²) >= 11 is 4.88. The smallest absolute Gasteiger partial charge is 0.340 e. The van der Waals surface area contributed by atoms with E-state index in [2.05, 4.69) is 26.1 Å². The number of carbonyl (C=O) groups is 1. The second-order valence-corrected chi connectivity index (χ2v) is 8.59. The molecule has 0 spiro atoms. The van der Waals surface area contributed by atoms with E-state index in [1.807, 2.05) is 48.7 Å². The number of aromatic nitrogens is 3. The molecule has 4 aromatic rings. The molecule has 9 heteroatoms. The number of esters is 1. The SMILES string of the molecule is Cc1cc(C(=O)OCc2nnc(-c3ccc(Br)s3)o2)c(C)n1Cc1ccco1. The largest absolute Gasteiger partial charge is 0.467 e. The number of thiophene rings is 1. The average molecular weight is 462 g/mol. The minimum Gasteiger partial charge on any atom is -0.467 e. The fraction of sp³-hybridized carbons (Fsp3) is 0.211. The molecular weight excluding hydrogens is 446 g/mol. The first-order chi connectivity index (χ1) is 13.5. The van der Waals surface area contributed by atoms with Gasteiger partial charge in [0, 0.05) is 11.4 Å². The molecule has 0 aromatic carbocycles. The Bertz CT molecular complexity index is 1110. The highest BCUT2D eigenvalue weighted by Crippen LogP contribution is 2.30. The number of ether oxygens (including phenoxy) is 1. The average Bonchev–Trinajstić information content (AvgIpc) is 3.45. The summed E-state index contributed by atoms with van der Waals surface area (Å²) < 4.78 is 19.3. The van der Waals surface area contributed by atoms with Gasteiger partial charge in [0.05, 0.1) is 27.0 Å². The van der Waals surface area contributed by atoms with Gasteiger partial charge in [-0.05, 0) is 60.1 Å². The van der Waals surface area contributed by atoms with E-state index in [4.69, 9.17) is 13.6 Å². The first-order valence-electron chi connectivity index (χ1n) is 8.45. The molecule has 144 valence electrons.